The summed E-state index contributed by atoms with van der Waals surface area (Å²) < 4.78 is 26.4. The molecule has 1 aliphatic rings. The van der Waals surface area contributed by atoms with Crippen molar-refractivity contribution in [2.45, 2.75) is 0 Å². The van der Waals surface area contributed by atoms with E-state index in [9.17, 15) is 13.6 Å². The van der Waals surface area contributed by atoms with Crippen LogP contribution in [0.1, 0.15) is 10.4 Å². The molecule has 4 rings (SSSR count). The van der Waals surface area contributed by atoms with Gasteiger partial charge >= 0.3 is 0 Å². The van der Waals surface area contributed by atoms with Gasteiger partial charge in [-0.15, -0.1) is 0 Å². The van der Waals surface area contributed by atoms with Gasteiger partial charge < -0.3 is 9.80 Å². The van der Waals surface area contributed by atoms with Gasteiger partial charge in [-0.1, -0.05) is 11.6 Å². The van der Waals surface area contributed by atoms with Gasteiger partial charge in [0.25, 0.3) is 5.91 Å². The molecule has 2 heterocycles. The summed E-state index contributed by atoms with van der Waals surface area (Å²) in [5.74, 6) is -0.252. The molecule has 0 radical (unpaired) electrons. The molecule has 3 aromatic rings. The summed E-state index contributed by atoms with van der Waals surface area (Å²) in [6, 6.07) is 11.8. The van der Waals surface area contributed by atoms with Crippen molar-refractivity contribution in [3.8, 4) is 11.3 Å². The lowest BCUT2D eigenvalue weighted by Crippen LogP contribution is -2.49. The summed E-state index contributed by atoms with van der Waals surface area (Å²) in [7, 11) is 0. The number of hydrogen-bond donors (Lipinski definition) is 0. The summed E-state index contributed by atoms with van der Waals surface area (Å²) in [6.07, 6.45) is 1.48. The van der Waals surface area contributed by atoms with E-state index in [1.807, 2.05) is 6.07 Å². The van der Waals surface area contributed by atoms with Gasteiger partial charge in [0.2, 0.25) is 0 Å². The van der Waals surface area contributed by atoms with Crippen molar-refractivity contribution in [1.82, 2.24) is 14.9 Å². The third kappa shape index (κ3) is 4.19. The highest BCUT2D eigenvalue weighted by atomic mass is 35.5. The maximum absolute atomic E-state index is 13.2. The minimum Gasteiger partial charge on any atom is -0.353 e. The van der Waals surface area contributed by atoms with E-state index in [2.05, 4.69) is 14.9 Å². The van der Waals surface area contributed by atoms with Gasteiger partial charge in [0.15, 0.2) is 0 Å². The number of halogens is 3. The fourth-order valence-electron chi connectivity index (χ4n) is 3.27. The van der Waals surface area contributed by atoms with Crippen LogP contribution in [0, 0.1) is 11.6 Å². The monoisotopic (exact) mass is 414 g/mol. The predicted molar refractivity (Wildman–Crippen MR) is 107 cm³/mol. The van der Waals surface area contributed by atoms with E-state index in [4.69, 9.17) is 11.6 Å². The third-order valence-corrected chi connectivity index (χ3v) is 5.16. The predicted octanol–water partition coefficient (Wildman–Crippen LogP) is 4.04. The van der Waals surface area contributed by atoms with Crippen LogP contribution in [0.2, 0.25) is 5.02 Å². The molecule has 0 unspecified atom stereocenters. The van der Waals surface area contributed by atoms with Gasteiger partial charge in [0, 0.05) is 37.8 Å². The lowest BCUT2D eigenvalue weighted by molar-refractivity contribution is 0.0746. The first-order chi connectivity index (χ1) is 14.0. The number of benzene rings is 2. The Morgan fingerprint density at radius 1 is 0.897 bits per heavy atom. The van der Waals surface area contributed by atoms with Crippen LogP contribution in [0.5, 0.6) is 0 Å². The number of amides is 1. The number of carbonyl (C=O) groups excluding carboxylic acids is 1. The van der Waals surface area contributed by atoms with Crippen LogP contribution in [-0.2, 0) is 0 Å². The molecule has 8 heteroatoms. The van der Waals surface area contributed by atoms with E-state index >= 15 is 0 Å². The molecular weight excluding hydrogens is 398 g/mol. The highest BCUT2D eigenvalue weighted by Crippen LogP contribution is 2.23. The second kappa shape index (κ2) is 8.13. The molecule has 0 N–H and O–H groups in total. The molecule has 0 atom stereocenters. The van der Waals surface area contributed by atoms with Gasteiger partial charge in [-0.3, -0.25) is 4.79 Å². The topological polar surface area (TPSA) is 49.3 Å². The number of carbonyl (C=O) groups is 1. The summed E-state index contributed by atoms with van der Waals surface area (Å²) in [5, 5.41) is 0.108. The first-order valence-electron chi connectivity index (χ1n) is 9.08. The Morgan fingerprint density at radius 2 is 1.59 bits per heavy atom. The Kier molecular flexibility index (Phi) is 5.40. The third-order valence-electron chi connectivity index (χ3n) is 4.85. The van der Waals surface area contributed by atoms with Gasteiger partial charge in [-0.05, 0) is 42.5 Å². The minimum absolute atomic E-state index is 0.108. The second-order valence-electron chi connectivity index (χ2n) is 6.67. The molecule has 1 amide bonds. The SMILES string of the molecule is O=C(c1ccc(F)cc1Cl)N1CCN(c2cc(-c3ccc(F)cc3)ncn2)CC1. The zero-order valence-corrected chi connectivity index (χ0v) is 16.1. The molecule has 0 saturated carbocycles. The van der Waals surface area contributed by atoms with Gasteiger partial charge in [0.05, 0.1) is 16.3 Å². The van der Waals surface area contributed by atoms with Gasteiger partial charge in [0.1, 0.15) is 23.8 Å². The first-order valence-corrected chi connectivity index (χ1v) is 9.46. The van der Waals surface area contributed by atoms with Gasteiger partial charge in [-0.25, -0.2) is 18.7 Å². The minimum atomic E-state index is -0.475. The molecule has 1 fully saturated rings. The van der Waals surface area contributed by atoms with Crippen molar-refractivity contribution < 1.29 is 13.6 Å². The Morgan fingerprint density at radius 3 is 2.28 bits per heavy atom. The standard InChI is InChI=1S/C21H17ClF2N4O/c22-18-11-16(24)5-6-17(18)21(29)28-9-7-27(8-10-28)20-12-19(25-13-26-20)14-1-3-15(23)4-2-14/h1-6,11-13H,7-10H2. The van der Waals surface area contributed by atoms with Crippen LogP contribution in [0.4, 0.5) is 14.6 Å². The van der Waals surface area contributed by atoms with Crippen molar-refractivity contribution in [2.24, 2.45) is 0 Å². The highest BCUT2D eigenvalue weighted by Gasteiger charge is 2.24. The van der Waals surface area contributed by atoms with E-state index in [1.165, 1.54) is 30.6 Å². The van der Waals surface area contributed by atoms with Crippen molar-refractivity contribution in [3.05, 3.63) is 77.1 Å². The number of anilines is 1. The summed E-state index contributed by atoms with van der Waals surface area (Å²) in [4.78, 5) is 25.0. The number of rotatable bonds is 3. The van der Waals surface area contributed by atoms with Crippen molar-refractivity contribution in [3.63, 3.8) is 0 Å². The molecule has 0 aliphatic carbocycles. The van der Waals surface area contributed by atoms with Crippen LogP contribution in [0.15, 0.2) is 54.9 Å². The number of piperazine rings is 1. The summed E-state index contributed by atoms with van der Waals surface area (Å²) >= 11 is 6.02. The smallest absolute Gasteiger partial charge is 0.255 e. The first kappa shape index (κ1) is 19.3. The summed E-state index contributed by atoms with van der Waals surface area (Å²) in [5.41, 5.74) is 1.79. The van der Waals surface area contributed by atoms with Crippen LogP contribution < -0.4 is 4.90 Å². The lowest BCUT2D eigenvalue weighted by atomic mass is 10.1. The molecule has 0 spiro atoms. The van der Waals surface area contributed by atoms with Crippen molar-refractivity contribution in [2.75, 3.05) is 31.1 Å². The molecule has 1 saturated heterocycles. The Balaban J connectivity index is 1.45. The average Bonchev–Trinajstić information content (AvgIpc) is 2.74. The van der Waals surface area contributed by atoms with E-state index in [0.29, 0.717) is 37.4 Å². The summed E-state index contributed by atoms with van der Waals surface area (Å²) in [6.45, 7) is 2.15. The largest absolute Gasteiger partial charge is 0.353 e. The molecule has 1 aliphatic heterocycles. The molecule has 1 aromatic heterocycles. The van der Waals surface area contributed by atoms with E-state index in [-0.39, 0.29) is 16.7 Å². The van der Waals surface area contributed by atoms with Crippen LogP contribution in [-0.4, -0.2) is 47.0 Å². The van der Waals surface area contributed by atoms with Crippen LogP contribution >= 0.6 is 11.6 Å². The van der Waals surface area contributed by atoms with Crippen molar-refractivity contribution >= 4 is 23.3 Å². The fraction of sp³-hybridized carbons (Fsp3) is 0.190. The van der Waals surface area contributed by atoms with Crippen molar-refractivity contribution in [1.29, 1.82) is 0 Å². The van der Waals surface area contributed by atoms with Crippen LogP contribution in [0.3, 0.4) is 0 Å². The second-order valence-corrected chi connectivity index (χ2v) is 7.08. The zero-order chi connectivity index (χ0) is 20.4. The van der Waals surface area contributed by atoms with E-state index < -0.39 is 5.82 Å². The lowest BCUT2D eigenvalue weighted by Gasteiger charge is -2.35. The van der Waals surface area contributed by atoms with Crippen LogP contribution in [0.25, 0.3) is 11.3 Å². The average molecular weight is 415 g/mol. The Labute approximate surface area is 171 Å². The molecule has 0 bridgehead atoms. The normalized spacial score (nSPS) is 14.2. The quantitative estimate of drug-likeness (QED) is 0.649. The zero-order valence-electron chi connectivity index (χ0n) is 15.4. The highest BCUT2D eigenvalue weighted by molar-refractivity contribution is 6.33. The maximum Gasteiger partial charge on any atom is 0.255 e. The molecular formula is C21H17ClF2N4O. The van der Waals surface area contributed by atoms with E-state index in [1.54, 1.807) is 17.0 Å². The van der Waals surface area contributed by atoms with E-state index in [0.717, 1.165) is 17.4 Å². The molecule has 2 aromatic carbocycles. The Bertz CT molecular complexity index is 1040. The number of aromatic nitrogens is 2. The number of hydrogen-bond acceptors (Lipinski definition) is 4. The van der Waals surface area contributed by atoms with Gasteiger partial charge in [-0.2, -0.15) is 0 Å². The molecule has 29 heavy (non-hydrogen) atoms. The maximum atomic E-state index is 13.2. The Hall–Kier alpha value is -3.06. The molecule has 148 valence electrons. The fourth-order valence-corrected chi connectivity index (χ4v) is 3.52. The molecule has 5 nitrogen and oxygen atoms in total. The number of nitrogens with zero attached hydrogens (tertiary/aromatic N) is 4.